The minimum Gasteiger partial charge on any atom is -0.287 e. The van der Waals surface area contributed by atoms with Gasteiger partial charge in [-0.1, -0.05) is 30.3 Å². The van der Waals surface area contributed by atoms with E-state index in [9.17, 15) is 57.5 Å². The van der Waals surface area contributed by atoms with Gasteiger partial charge in [0.2, 0.25) is 12.3 Å². The van der Waals surface area contributed by atoms with Crippen molar-refractivity contribution in [2.45, 2.75) is 11.4 Å². The highest BCUT2D eigenvalue weighted by Gasteiger charge is 2.52. The Bertz CT molecular complexity index is 2370. The predicted molar refractivity (Wildman–Crippen MR) is 174 cm³/mol. The number of ketones is 1. The molecule has 0 fully saturated rings. The van der Waals surface area contributed by atoms with Crippen LogP contribution in [0.1, 0.15) is 10.4 Å². The zero-order valence-electron chi connectivity index (χ0n) is 28.8. The first-order chi connectivity index (χ1) is 28.5. The van der Waals surface area contributed by atoms with E-state index >= 15 is 35.1 Å². The van der Waals surface area contributed by atoms with Gasteiger partial charge in [0.05, 0.1) is 0 Å². The van der Waals surface area contributed by atoms with Crippen molar-refractivity contribution in [3.63, 3.8) is 0 Å². The zero-order chi connectivity index (χ0) is 45.7. The van der Waals surface area contributed by atoms with Gasteiger partial charge in [-0.15, -0.1) is 34.5 Å². The lowest BCUT2D eigenvalue weighted by molar-refractivity contribution is -0.683. The lowest BCUT2D eigenvalue weighted by atomic mass is 9.12. The van der Waals surface area contributed by atoms with E-state index in [1.165, 1.54) is 0 Å². The number of pyridine rings is 1. The minimum absolute atomic E-state index is 0.109. The van der Waals surface area contributed by atoms with E-state index in [0.29, 0.717) is 6.54 Å². The Morgan fingerprint density at radius 3 is 0.852 bits per heavy atom. The van der Waals surface area contributed by atoms with Crippen molar-refractivity contribution in [2.75, 3.05) is 0 Å². The second kappa shape index (κ2) is 17.1. The summed E-state index contributed by atoms with van der Waals surface area (Å²) in [6.45, 7) is 0.359. The van der Waals surface area contributed by atoms with Gasteiger partial charge in [-0.25, -0.2) is 87.8 Å². The van der Waals surface area contributed by atoms with Crippen molar-refractivity contribution in [1.82, 2.24) is 0 Å². The number of aromatic nitrogens is 1. The maximum absolute atomic E-state index is 15.4. The maximum atomic E-state index is 15.4. The standard InChI is InChI=1S/C24BF20.C13H11NOS/c26-5-1(6(27)14(35)21(42)13(5)34)25(2-7(28)15(36)22(43)16(37)8(2)29,3-9(30)17(38)23(44)18(39)10(3)31)4-11(32)19(40)24(45)20(41)12(4)33;15-13(11-4-2-1-3-5-11)10-14-8-6-12(16)7-9-14/h;1-9H,10H2/q-1;/p+1. The molecule has 0 radical (unpaired) electrons. The molecule has 6 aromatic rings. The summed E-state index contributed by atoms with van der Waals surface area (Å²) in [5.74, 6) is -71.3. The SMILES string of the molecule is Fc1c(F)c(F)c([B-](c2c(F)c(F)c(F)c(F)c2F)(c2c(F)c(F)c(F)c(F)c2F)c2c(F)c(F)c(F)c(F)c2F)c(F)c1F.O=C(C[n+]1ccc(S)cc1)c1ccccc1. The van der Waals surface area contributed by atoms with Crippen LogP contribution in [-0.2, 0) is 6.54 Å². The van der Waals surface area contributed by atoms with Crippen molar-refractivity contribution < 1.29 is 97.2 Å². The van der Waals surface area contributed by atoms with Crippen LogP contribution in [0.15, 0.2) is 59.8 Å². The minimum atomic E-state index is -7.22. The van der Waals surface area contributed by atoms with E-state index in [2.05, 4.69) is 12.6 Å². The lowest BCUT2D eigenvalue weighted by Crippen LogP contribution is -2.81. The van der Waals surface area contributed by atoms with Crippen LogP contribution in [0.2, 0.25) is 0 Å². The number of carbonyl (C=O) groups is 1. The highest BCUT2D eigenvalue weighted by molar-refractivity contribution is 7.80. The van der Waals surface area contributed by atoms with Gasteiger partial charge in [-0.05, 0) is 0 Å². The summed E-state index contributed by atoms with van der Waals surface area (Å²) in [6, 6.07) is 13.0. The van der Waals surface area contributed by atoms with Crippen molar-refractivity contribution in [3.05, 3.63) is 177 Å². The first-order valence-corrected chi connectivity index (χ1v) is 16.4. The molecule has 6 rings (SSSR count). The highest BCUT2D eigenvalue weighted by Crippen LogP contribution is 2.30. The Hall–Kier alpha value is -6.07. The van der Waals surface area contributed by atoms with E-state index in [4.69, 9.17) is 0 Å². The van der Waals surface area contributed by atoms with Gasteiger partial charge < -0.3 is 0 Å². The number of rotatable bonds is 7. The molecule has 0 bridgehead atoms. The van der Waals surface area contributed by atoms with Gasteiger partial charge in [0.1, 0.15) is 52.7 Å². The Morgan fingerprint density at radius 2 is 0.607 bits per heavy atom. The number of carbonyl (C=O) groups excluding carboxylic acids is 1. The van der Waals surface area contributed by atoms with Crippen molar-refractivity contribution >= 4 is 46.4 Å². The molecular weight excluding hydrogens is 897 g/mol. The van der Waals surface area contributed by atoms with E-state index in [-0.39, 0.29) is 5.78 Å². The molecule has 0 atom stereocenters. The van der Waals surface area contributed by atoms with Crippen molar-refractivity contribution in [2.24, 2.45) is 0 Å². The summed E-state index contributed by atoms with van der Waals surface area (Å²) in [5, 5.41) is 0. The summed E-state index contributed by atoms with van der Waals surface area (Å²) in [5.41, 5.74) is -13.6. The molecule has 24 heteroatoms. The molecule has 5 aromatic carbocycles. The molecule has 0 aliphatic carbocycles. The first-order valence-electron chi connectivity index (χ1n) is 16.0. The van der Waals surface area contributed by atoms with E-state index < -0.39 is 144 Å². The predicted octanol–water partition coefficient (Wildman–Crippen LogP) is 7.99. The number of hydrogen-bond donors (Lipinski definition) is 1. The first kappa shape index (κ1) is 46.0. The second-order valence-electron chi connectivity index (χ2n) is 12.3. The summed E-state index contributed by atoms with van der Waals surface area (Å²) < 4.78 is 296. The molecule has 0 spiro atoms. The number of thiol groups is 1. The van der Waals surface area contributed by atoms with E-state index in [1.54, 1.807) is 0 Å². The molecule has 0 unspecified atom stereocenters. The zero-order valence-corrected chi connectivity index (χ0v) is 29.7. The van der Waals surface area contributed by atoms with Crippen LogP contribution in [0.3, 0.4) is 0 Å². The number of benzene rings is 5. The van der Waals surface area contributed by atoms with Gasteiger partial charge in [0, 0.05) is 22.6 Å². The second-order valence-corrected chi connectivity index (χ2v) is 12.8. The molecule has 0 saturated heterocycles. The Morgan fingerprint density at radius 1 is 0.377 bits per heavy atom. The molecule has 1 aromatic heterocycles. The third-order valence-electron chi connectivity index (χ3n) is 9.00. The van der Waals surface area contributed by atoms with Crippen LogP contribution in [0.25, 0.3) is 0 Å². The van der Waals surface area contributed by atoms with E-state index in [0.717, 1.165) is 10.5 Å². The van der Waals surface area contributed by atoms with Gasteiger partial charge in [-0.3, -0.25) is 4.79 Å². The monoisotopic (exact) mass is 909 g/mol. The molecule has 320 valence electrons. The molecule has 2 nitrogen and oxygen atoms in total. The summed E-state index contributed by atoms with van der Waals surface area (Å²) in [6.07, 6.45) is -3.52. The molecule has 1 heterocycles. The molecule has 0 amide bonds. The smallest absolute Gasteiger partial charge is 0.227 e. The average molecular weight is 909 g/mol. The number of halogens is 20. The largest absolute Gasteiger partial charge is 0.287 e. The summed E-state index contributed by atoms with van der Waals surface area (Å²) in [4.78, 5) is 12.8. The number of hydrogen-bond acceptors (Lipinski definition) is 2. The van der Waals surface area contributed by atoms with Crippen LogP contribution in [0.5, 0.6) is 0 Å². The van der Waals surface area contributed by atoms with E-state index in [1.807, 2.05) is 59.4 Å². The van der Waals surface area contributed by atoms with Crippen LogP contribution in [0.4, 0.5) is 87.8 Å². The van der Waals surface area contributed by atoms with Crippen molar-refractivity contribution in [1.29, 1.82) is 0 Å². The molecule has 0 N–H and O–H groups in total. The third-order valence-corrected chi connectivity index (χ3v) is 9.30. The van der Waals surface area contributed by atoms with Crippen LogP contribution in [0, 0.1) is 116 Å². The summed E-state index contributed by atoms with van der Waals surface area (Å²) >= 11 is 4.19. The lowest BCUT2D eigenvalue weighted by Gasteiger charge is -2.44. The molecule has 0 aliphatic heterocycles. The highest BCUT2D eigenvalue weighted by atomic mass is 32.1. The topological polar surface area (TPSA) is 20.9 Å². The van der Waals surface area contributed by atoms with Crippen LogP contribution >= 0.6 is 12.6 Å². The number of nitrogens with zero attached hydrogens (tertiary/aromatic N) is 1. The molecular formula is C37H12BF20NOS. The quantitative estimate of drug-likeness (QED) is 0.0328. The maximum Gasteiger partial charge on any atom is 0.227 e. The average Bonchev–Trinajstić information content (AvgIpc) is 3.24. The third kappa shape index (κ3) is 7.43. The van der Waals surface area contributed by atoms with Crippen LogP contribution < -0.4 is 26.4 Å². The van der Waals surface area contributed by atoms with Crippen molar-refractivity contribution in [3.8, 4) is 0 Å². The van der Waals surface area contributed by atoms with Gasteiger partial charge >= 0.3 is 0 Å². The molecule has 61 heavy (non-hydrogen) atoms. The van der Waals surface area contributed by atoms with Gasteiger partial charge in [0.15, 0.2) is 82.2 Å². The Labute approximate surface area is 331 Å². The Kier molecular flexibility index (Phi) is 12.9. The van der Waals surface area contributed by atoms with Gasteiger partial charge in [-0.2, -0.15) is 4.57 Å². The molecule has 0 aliphatic rings. The fourth-order valence-electron chi connectivity index (χ4n) is 6.31. The Balaban J connectivity index is 0.000000366. The van der Waals surface area contributed by atoms with Crippen LogP contribution in [-0.4, -0.2) is 11.9 Å². The fraction of sp³-hybridized carbons (Fsp3) is 0.0270. The molecule has 0 saturated carbocycles. The van der Waals surface area contributed by atoms with Gasteiger partial charge in [0.25, 0.3) is 0 Å². The summed E-state index contributed by atoms with van der Waals surface area (Å²) in [7, 11) is 0. The normalized spacial score (nSPS) is 11.5. The number of Topliss-reactive ketones (excluding diaryl/α,β-unsaturated/α-hetero) is 1. The fourth-order valence-corrected chi connectivity index (χ4v) is 6.44.